The molecular weight excluding hydrogens is 228 g/mol. The van der Waals surface area contributed by atoms with Gasteiger partial charge in [-0.1, -0.05) is 20.8 Å². The lowest BCUT2D eigenvalue weighted by atomic mass is 9.86. The topological polar surface area (TPSA) is 21.8 Å². The van der Waals surface area contributed by atoms with Crippen LogP contribution >= 0.6 is 0 Å². The van der Waals surface area contributed by atoms with Crippen molar-refractivity contribution in [3.05, 3.63) is 0 Å². The van der Waals surface area contributed by atoms with Crippen molar-refractivity contribution < 1.29 is 9.16 Å². The molecule has 0 radical (unpaired) electrons. The monoisotopic (exact) mass is 256 g/mol. The van der Waals surface area contributed by atoms with Gasteiger partial charge in [-0.3, -0.25) is 0 Å². The normalized spacial score (nSPS) is 34.2. The summed E-state index contributed by atoms with van der Waals surface area (Å²) in [6.45, 7) is 9.24. The van der Waals surface area contributed by atoms with Gasteiger partial charge in [0.25, 0.3) is 0 Å². The van der Waals surface area contributed by atoms with E-state index in [0.29, 0.717) is 18.3 Å². The van der Waals surface area contributed by atoms with E-state index in [-0.39, 0.29) is 0 Å². The Morgan fingerprint density at radius 3 is 2.29 bits per heavy atom. The molecule has 4 unspecified atom stereocenters. The van der Waals surface area contributed by atoms with Gasteiger partial charge in [0.1, 0.15) is 0 Å². The predicted molar refractivity (Wildman–Crippen MR) is 73.7 cm³/mol. The van der Waals surface area contributed by atoms with Crippen LogP contribution in [0.15, 0.2) is 0 Å². The lowest BCUT2D eigenvalue weighted by molar-refractivity contribution is 0.117. The molecule has 1 heterocycles. The van der Waals surface area contributed by atoms with Crippen LogP contribution in [0.2, 0.25) is 18.1 Å². The van der Waals surface area contributed by atoms with E-state index in [2.05, 4.69) is 27.7 Å². The summed E-state index contributed by atoms with van der Waals surface area (Å²) in [4.78, 5) is 0. The van der Waals surface area contributed by atoms with Gasteiger partial charge in [0, 0.05) is 6.10 Å². The van der Waals surface area contributed by atoms with Crippen molar-refractivity contribution in [3.8, 4) is 0 Å². The predicted octanol–water partition coefficient (Wildman–Crippen LogP) is 3.96. The van der Waals surface area contributed by atoms with Gasteiger partial charge in [0.05, 0.1) is 12.2 Å². The zero-order chi connectivity index (χ0) is 12.5. The molecule has 1 aliphatic heterocycles. The number of epoxide rings is 1. The largest absolute Gasteiger partial charge is 0.414 e. The summed E-state index contributed by atoms with van der Waals surface area (Å²) in [6.07, 6.45) is 5.47. The standard InChI is InChI=1S/C14H28O2Si/c1-5-17(6-2,7-3)16-11(4)12-8-9-13-14(10-12)15-13/h11-14H,5-10H2,1-4H3. The number of fused-ring (bicyclic) bond motifs is 1. The molecule has 1 aliphatic carbocycles. The van der Waals surface area contributed by atoms with Gasteiger partial charge >= 0.3 is 0 Å². The first-order valence-electron chi connectivity index (χ1n) is 7.47. The minimum absolute atomic E-state index is 0.451. The third kappa shape index (κ3) is 2.94. The lowest BCUT2D eigenvalue weighted by Crippen LogP contribution is -2.42. The van der Waals surface area contributed by atoms with Crippen LogP contribution in [0.25, 0.3) is 0 Å². The molecule has 2 rings (SSSR count). The lowest BCUT2D eigenvalue weighted by Gasteiger charge is -2.36. The van der Waals surface area contributed by atoms with E-state index in [4.69, 9.17) is 9.16 Å². The third-order valence-corrected chi connectivity index (χ3v) is 9.82. The molecule has 0 spiro atoms. The average Bonchev–Trinajstić information content (AvgIpc) is 3.14. The van der Waals surface area contributed by atoms with Crippen molar-refractivity contribution in [2.45, 2.75) is 83.4 Å². The van der Waals surface area contributed by atoms with Crippen LogP contribution in [-0.4, -0.2) is 26.6 Å². The molecule has 0 N–H and O–H groups in total. The van der Waals surface area contributed by atoms with E-state index in [1.807, 2.05) is 0 Å². The molecule has 1 saturated carbocycles. The van der Waals surface area contributed by atoms with Crippen LogP contribution in [-0.2, 0) is 9.16 Å². The van der Waals surface area contributed by atoms with Crippen LogP contribution in [0.3, 0.4) is 0 Å². The molecular formula is C14H28O2Si. The van der Waals surface area contributed by atoms with Crippen molar-refractivity contribution in [1.82, 2.24) is 0 Å². The fourth-order valence-electron chi connectivity index (χ4n) is 3.35. The quantitative estimate of drug-likeness (QED) is 0.530. The third-order valence-electron chi connectivity index (χ3n) is 5.08. The van der Waals surface area contributed by atoms with E-state index >= 15 is 0 Å². The Labute approximate surface area is 107 Å². The number of rotatable bonds is 6. The van der Waals surface area contributed by atoms with Crippen LogP contribution in [0.5, 0.6) is 0 Å². The van der Waals surface area contributed by atoms with Gasteiger partial charge in [-0.05, 0) is 50.2 Å². The maximum Gasteiger partial charge on any atom is 0.192 e. The Kier molecular flexibility index (Phi) is 4.32. The summed E-state index contributed by atoms with van der Waals surface area (Å²) in [5.74, 6) is 0.746. The van der Waals surface area contributed by atoms with Crippen molar-refractivity contribution in [3.63, 3.8) is 0 Å². The minimum atomic E-state index is -1.41. The van der Waals surface area contributed by atoms with E-state index in [1.54, 1.807) is 0 Å². The molecule has 0 aromatic carbocycles. The molecule has 0 aromatic heterocycles. The Bertz CT molecular complexity index is 244. The number of hydrogen-bond donors (Lipinski definition) is 0. The molecule has 1 saturated heterocycles. The van der Waals surface area contributed by atoms with Gasteiger partial charge in [0.15, 0.2) is 8.32 Å². The van der Waals surface area contributed by atoms with E-state index < -0.39 is 8.32 Å². The van der Waals surface area contributed by atoms with E-state index in [0.717, 1.165) is 5.92 Å². The number of ether oxygens (including phenoxy) is 1. The first-order valence-corrected chi connectivity index (χ1v) is 10.00. The van der Waals surface area contributed by atoms with Gasteiger partial charge in [0.2, 0.25) is 0 Å². The zero-order valence-electron chi connectivity index (χ0n) is 11.9. The summed E-state index contributed by atoms with van der Waals surface area (Å²) in [5, 5.41) is 0. The summed E-state index contributed by atoms with van der Waals surface area (Å²) in [5.41, 5.74) is 0. The molecule has 17 heavy (non-hydrogen) atoms. The molecule has 2 nitrogen and oxygen atoms in total. The maximum absolute atomic E-state index is 6.58. The van der Waals surface area contributed by atoms with E-state index in [9.17, 15) is 0 Å². The summed E-state index contributed by atoms with van der Waals surface area (Å²) >= 11 is 0. The summed E-state index contributed by atoms with van der Waals surface area (Å²) in [7, 11) is -1.41. The second kappa shape index (κ2) is 5.41. The fraction of sp³-hybridized carbons (Fsp3) is 1.00. The first kappa shape index (κ1) is 13.6. The van der Waals surface area contributed by atoms with Gasteiger partial charge in [-0.25, -0.2) is 0 Å². The van der Waals surface area contributed by atoms with Gasteiger partial charge in [-0.2, -0.15) is 0 Å². The second-order valence-corrected chi connectivity index (χ2v) is 10.6. The molecule has 100 valence electrons. The minimum Gasteiger partial charge on any atom is -0.414 e. The molecule has 0 bridgehead atoms. The van der Waals surface area contributed by atoms with Crippen molar-refractivity contribution >= 4 is 8.32 Å². The van der Waals surface area contributed by atoms with Crippen molar-refractivity contribution in [1.29, 1.82) is 0 Å². The highest BCUT2D eigenvalue weighted by Gasteiger charge is 2.46. The first-order chi connectivity index (χ1) is 8.14. The zero-order valence-corrected chi connectivity index (χ0v) is 12.9. The maximum atomic E-state index is 6.58. The van der Waals surface area contributed by atoms with E-state index in [1.165, 1.54) is 37.4 Å². The van der Waals surface area contributed by atoms with Crippen LogP contribution in [0.1, 0.15) is 47.0 Å². The highest BCUT2D eigenvalue weighted by Crippen LogP contribution is 2.42. The Morgan fingerprint density at radius 2 is 1.76 bits per heavy atom. The molecule has 0 amide bonds. The molecule has 2 fully saturated rings. The van der Waals surface area contributed by atoms with Crippen molar-refractivity contribution in [2.75, 3.05) is 0 Å². The van der Waals surface area contributed by atoms with Gasteiger partial charge in [-0.15, -0.1) is 0 Å². The fourth-order valence-corrected chi connectivity index (χ4v) is 6.33. The Morgan fingerprint density at radius 1 is 1.12 bits per heavy atom. The second-order valence-electron chi connectivity index (χ2n) is 5.85. The molecule has 3 heteroatoms. The molecule has 2 aliphatic rings. The van der Waals surface area contributed by atoms with Crippen molar-refractivity contribution in [2.24, 2.45) is 5.92 Å². The molecule has 0 aromatic rings. The summed E-state index contributed by atoms with van der Waals surface area (Å²) in [6, 6.07) is 3.79. The smallest absolute Gasteiger partial charge is 0.192 e. The van der Waals surface area contributed by atoms with Gasteiger partial charge < -0.3 is 9.16 Å². The molecule has 4 atom stereocenters. The Hall–Kier alpha value is 0.137. The van der Waals surface area contributed by atoms with Crippen LogP contribution < -0.4 is 0 Å². The SMILES string of the molecule is CC[Si](CC)(CC)OC(C)C1CCC2OC2C1. The number of hydrogen-bond acceptors (Lipinski definition) is 2. The highest BCUT2D eigenvalue weighted by molar-refractivity contribution is 6.73. The average molecular weight is 256 g/mol. The van der Waals surface area contributed by atoms with Crippen LogP contribution in [0, 0.1) is 5.92 Å². The highest BCUT2D eigenvalue weighted by atomic mass is 28.4. The summed E-state index contributed by atoms with van der Waals surface area (Å²) < 4.78 is 12.2. The van der Waals surface area contributed by atoms with Crippen LogP contribution in [0.4, 0.5) is 0 Å². The Balaban J connectivity index is 1.88.